The molecule has 1 amide bonds. The molecule has 0 saturated heterocycles. The van der Waals surface area contributed by atoms with Crippen molar-refractivity contribution in [2.24, 2.45) is 15.7 Å². The number of thioether (sulfide) groups is 1. The summed E-state index contributed by atoms with van der Waals surface area (Å²) in [5, 5.41) is 7.93. The Morgan fingerprint density at radius 2 is 2.10 bits per heavy atom. The van der Waals surface area contributed by atoms with Gasteiger partial charge in [0.05, 0.1) is 5.75 Å². The number of carbonyl (C=O) groups excluding carboxylic acids is 1. The monoisotopic (exact) mass is 426 g/mol. The number of amidine groups is 1. The van der Waals surface area contributed by atoms with E-state index < -0.39 is 6.17 Å². The van der Waals surface area contributed by atoms with E-state index in [4.69, 9.17) is 17.3 Å². The first-order valence-corrected chi connectivity index (χ1v) is 10.3. The lowest BCUT2D eigenvalue weighted by Crippen LogP contribution is -2.39. The van der Waals surface area contributed by atoms with Crippen molar-refractivity contribution < 1.29 is 4.79 Å². The number of nitrogens with one attached hydrogen (secondary N) is 3. The molecular formula is C20H19ClN6OS. The Labute approximate surface area is 176 Å². The molecular weight excluding hydrogens is 408 g/mol. The first-order valence-electron chi connectivity index (χ1n) is 8.92. The summed E-state index contributed by atoms with van der Waals surface area (Å²) in [5.41, 5.74) is 9.53. The van der Waals surface area contributed by atoms with E-state index in [2.05, 4.69) is 25.6 Å². The number of aromatic nitrogens is 1. The number of nitrogens with zero attached hydrogens (tertiary/aromatic N) is 2. The van der Waals surface area contributed by atoms with Gasteiger partial charge in [-0.05, 0) is 36.8 Å². The second-order valence-electron chi connectivity index (χ2n) is 6.59. The van der Waals surface area contributed by atoms with E-state index in [1.807, 2.05) is 49.5 Å². The van der Waals surface area contributed by atoms with Crippen molar-refractivity contribution in [1.82, 2.24) is 10.3 Å². The topological polar surface area (TPSA) is 108 Å². The van der Waals surface area contributed by atoms with Crippen LogP contribution in [0, 0.1) is 6.92 Å². The first kappa shape index (κ1) is 19.4. The zero-order valence-electron chi connectivity index (χ0n) is 15.6. The number of aryl methyl sites for hydroxylation is 1. The summed E-state index contributed by atoms with van der Waals surface area (Å²) in [6.07, 6.45) is 1.42. The Balaban J connectivity index is 1.45. The van der Waals surface area contributed by atoms with Gasteiger partial charge >= 0.3 is 0 Å². The van der Waals surface area contributed by atoms with Crippen molar-refractivity contribution >= 4 is 57.0 Å². The minimum atomic E-state index is -0.464. The summed E-state index contributed by atoms with van der Waals surface area (Å²) in [6.45, 7) is 1.92. The number of amides is 1. The molecule has 0 aliphatic carbocycles. The van der Waals surface area contributed by atoms with Gasteiger partial charge in [0, 0.05) is 33.4 Å². The van der Waals surface area contributed by atoms with Crippen LogP contribution in [0.4, 0.5) is 5.69 Å². The quantitative estimate of drug-likeness (QED) is 0.509. The van der Waals surface area contributed by atoms with Gasteiger partial charge in [0.2, 0.25) is 5.91 Å². The van der Waals surface area contributed by atoms with E-state index in [0.717, 1.165) is 22.0 Å². The van der Waals surface area contributed by atoms with Crippen LogP contribution >= 0.6 is 23.4 Å². The Morgan fingerprint density at radius 3 is 2.93 bits per heavy atom. The van der Waals surface area contributed by atoms with Gasteiger partial charge in [-0.1, -0.05) is 41.6 Å². The average Bonchev–Trinajstić information content (AvgIpc) is 3.09. The number of rotatable bonds is 4. The summed E-state index contributed by atoms with van der Waals surface area (Å²) >= 11 is 7.31. The van der Waals surface area contributed by atoms with Crippen LogP contribution in [0.15, 0.2) is 58.6 Å². The molecule has 2 heterocycles. The van der Waals surface area contributed by atoms with Crippen LogP contribution in [0.3, 0.4) is 0 Å². The summed E-state index contributed by atoms with van der Waals surface area (Å²) in [7, 11) is 0. The summed E-state index contributed by atoms with van der Waals surface area (Å²) in [6, 6.07) is 13.3. The van der Waals surface area contributed by atoms with E-state index in [0.29, 0.717) is 15.9 Å². The fourth-order valence-electron chi connectivity index (χ4n) is 3.11. The molecule has 0 bridgehead atoms. The molecule has 0 unspecified atom stereocenters. The van der Waals surface area contributed by atoms with Crippen LogP contribution < -0.4 is 16.4 Å². The summed E-state index contributed by atoms with van der Waals surface area (Å²) in [5.74, 6) is 0.278. The molecule has 0 fully saturated rings. The Hall–Kier alpha value is -2.97. The normalized spacial score (nSPS) is 16.1. The van der Waals surface area contributed by atoms with E-state index in [9.17, 15) is 4.79 Å². The molecule has 0 spiro atoms. The molecule has 9 heteroatoms. The zero-order valence-corrected chi connectivity index (χ0v) is 17.1. The van der Waals surface area contributed by atoms with Crippen LogP contribution in [-0.2, 0) is 4.79 Å². The van der Waals surface area contributed by atoms with E-state index in [1.165, 1.54) is 11.8 Å². The third kappa shape index (κ3) is 4.55. The van der Waals surface area contributed by atoms with Gasteiger partial charge in [-0.25, -0.2) is 9.98 Å². The number of para-hydroxylation sites is 1. The maximum absolute atomic E-state index is 12.3. The third-order valence-electron chi connectivity index (χ3n) is 4.30. The number of nitrogens with two attached hydrogens (primary N) is 1. The minimum absolute atomic E-state index is 0.161. The number of anilines is 1. The molecule has 1 aliphatic heterocycles. The first-order chi connectivity index (χ1) is 14.0. The van der Waals surface area contributed by atoms with Crippen LogP contribution in [0.5, 0.6) is 0 Å². The number of fused-ring (bicyclic) bond motifs is 1. The van der Waals surface area contributed by atoms with Gasteiger partial charge < -0.3 is 21.4 Å². The number of H-pyrrole nitrogens is 1. The number of carbonyl (C=O) groups is 1. The maximum atomic E-state index is 12.3. The predicted molar refractivity (Wildman–Crippen MR) is 121 cm³/mol. The molecule has 4 rings (SSSR count). The predicted octanol–water partition coefficient (Wildman–Crippen LogP) is 3.77. The molecule has 7 nitrogen and oxygen atoms in total. The van der Waals surface area contributed by atoms with Crippen molar-refractivity contribution in [3.8, 4) is 0 Å². The molecule has 2 aromatic carbocycles. The lowest BCUT2D eigenvalue weighted by molar-refractivity contribution is -0.113. The minimum Gasteiger partial charge on any atom is -0.370 e. The van der Waals surface area contributed by atoms with Crippen molar-refractivity contribution in [2.45, 2.75) is 13.1 Å². The van der Waals surface area contributed by atoms with E-state index in [1.54, 1.807) is 6.07 Å². The summed E-state index contributed by atoms with van der Waals surface area (Å²) < 4.78 is 0. The number of aromatic amines is 1. The molecule has 1 atom stereocenters. The molecule has 0 saturated carbocycles. The highest BCUT2D eigenvalue weighted by atomic mass is 35.5. The van der Waals surface area contributed by atoms with Gasteiger partial charge in [-0.3, -0.25) is 4.79 Å². The highest BCUT2D eigenvalue weighted by Crippen LogP contribution is 2.29. The van der Waals surface area contributed by atoms with Crippen LogP contribution in [-0.4, -0.2) is 27.8 Å². The molecule has 1 aliphatic rings. The lowest BCUT2D eigenvalue weighted by atomic mass is 10.1. The van der Waals surface area contributed by atoms with Gasteiger partial charge in [0.25, 0.3) is 0 Å². The molecule has 3 aromatic rings. The van der Waals surface area contributed by atoms with Gasteiger partial charge in [-0.2, -0.15) is 0 Å². The van der Waals surface area contributed by atoms with Crippen LogP contribution in [0.25, 0.3) is 10.9 Å². The number of halogens is 1. The van der Waals surface area contributed by atoms with Gasteiger partial charge in [0.15, 0.2) is 17.3 Å². The average molecular weight is 427 g/mol. The van der Waals surface area contributed by atoms with Gasteiger partial charge in [-0.15, -0.1) is 0 Å². The summed E-state index contributed by atoms with van der Waals surface area (Å²) in [4.78, 5) is 24.5. The molecule has 0 radical (unpaired) electrons. The number of hydrogen-bond donors (Lipinski definition) is 4. The van der Waals surface area contributed by atoms with Gasteiger partial charge in [0.1, 0.15) is 0 Å². The second kappa shape index (κ2) is 8.18. The van der Waals surface area contributed by atoms with Crippen LogP contribution in [0.1, 0.15) is 17.3 Å². The lowest BCUT2D eigenvalue weighted by Gasteiger charge is -2.18. The van der Waals surface area contributed by atoms with Crippen molar-refractivity contribution in [1.29, 1.82) is 0 Å². The fourth-order valence-corrected chi connectivity index (χ4v) is 4.09. The largest absolute Gasteiger partial charge is 0.370 e. The van der Waals surface area contributed by atoms with Crippen molar-refractivity contribution in [3.63, 3.8) is 0 Å². The Kier molecular flexibility index (Phi) is 5.46. The molecule has 148 valence electrons. The third-order valence-corrected chi connectivity index (χ3v) is 5.41. The molecule has 5 N–H and O–H groups in total. The van der Waals surface area contributed by atoms with E-state index >= 15 is 0 Å². The smallest absolute Gasteiger partial charge is 0.234 e. The second-order valence-corrected chi connectivity index (χ2v) is 7.99. The Morgan fingerprint density at radius 1 is 1.28 bits per heavy atom. The standard InChI is InChI=1S/C20H19ClN6OS/c1-11-6-12(21)8-13(7-11)24-17(28)10-29-20-26-18(25-19(22)27-20)15-9-23-16-5-3-2-4-14(15)16/h2-9,18,23H,10H2,1H3,(H,24,28)(H3,22,25,26,27)/t18-/m0/s1. The zero-order chi connectivity index (χ0) is 20.4. The van der Waals surface area contributed by atoms with Crippen molar-refractivity contribution in [2.75, 3.05) is 11.1 Å². The number of guanidine groups is 1. The number of benzene rings is 2. The SMILES string of the molecule is Cc1cc(Cl)cc(NC(=O)CSC2=N[C@@H](c3c[nH]c4ccccc34)N=C(N)N2)c1. The number of hydrogen-bond acceptors (Lipinski definition) is 6. The number of aliphatic imine (C=N–C) groups is 2. The highest BCUT2D eigenvalue weighted by Gasteiger charge is 2.20. The van der Waals surface area contributed by atoms with Crippen molar-refractivity contribution in [3.05, 3.63) is 64.8 Å². The Bertz CT molecular complexity index is 1120. The van der Waals surface area contributed by atoms with E-state index in [-0.39, 0.29) is 17.6 Å². The molecule has 1 aromatic heterocycles. The highest BCUT2D eigenvalue weighted by molar-refractivity contribution is 8.14. The maximum Gasteiger partial charge on any atom is 0.234 e. The molecule has 29 heavy (non-hydrogen) atoms. The fraction of sp³-hybridized carbons (Fsp3) is 0.150. The van der Waals surface area contributed by atoms with Crippen LogP contribution in [0.2, 0.25) is 5.02 Å².